The predicted octanol–water partition coefficient (Wildman–Crippen LogP) is 1.59. The molecule has 0 heterocycles. The van der Waals surface area contributed by atoms with Crippen molar-refractivity contribution in [2.24, 2.45) is 5.92 Å². The summed E-state index contributed by atoms with van der Waals surface area (Å²) in [5.74, 6) is 0.910. The van der Waals surface area contributed by atoms with E-state index in [1.54, 1.807) is 25.2 Å². The third-order valence-corrected chi connectivity index (χ3v) is 3.19. The van der Waals surface area contributed by atoms with Crippen LogP contribution in [0.3, 0.4) is 0 Å². The van der Waals surface area contributed by atoms with Gasteiger partial charge < -0.3 is 20.7 Å². The topological polar surface area (TPSA) is 79.5 Å². The van der Waals surface area contributed by atoms with Gasteiger partial charge in [-0.1, -0.05) is 0 Å². The molecular weight excluding hydrogens is 258 g/mol. The van der Waals surface area contributed by atoms with E-state index in [2.05, 4.69) is 16.0 Å². The molecule has 0 saturated heterocycles. The summed E-state index contributed by atoms with van der Waals surface area (Å²) in [5, 5.41) is 8.05. The van der Waals surface area contributed by atoms with Crippen LogP contribution >= 0.6 is 0 Å². The quantitative estimate of drug-likeness (QED) is 0.764. The van der Waals surface area contributed by atoms with Crippen LogP contribution in [0.15, 0.2) is 18.2 Å². The number of benzene rings is 1. The van der Waals surface area contributed by atoms with E-state index in [0.717, 1.165) is 0 Å². The van der Waals surface area contributed by atoms with Crippen molar-refractivity contribution in [1.82, 2.24) is 10.6 Å². The highest BCUT2D eigenvalue weighted by atomic mass is 16.5. The van der Waals surface area contributed by atoms with Gasteiger partial charge in [0, 0.05) is 19.2 Å². The van der Waals surface area contributed by atoms with Crippen molar-refractivity contribution in [2.45, 2.75) is 12.8 Å². The van der Waals surface area contributed by atoms with E-state index >= 15 is 0 Å². The van der Waals surface area contributed by atoms with E-state index in [4.69, 9.17) is 4.74 Å². The Morgan fingerprint density at radius 3 is 2.70 bits per heavy atom. The average Bonchev–Trinajstić information content (AvgIpc) is 3.28. The first kappa shape index (κ1) is 14.2. The maximum atomic E-state index is 11.8. The Bertz CT molecular complexity index is 512. The molecule has 1 aromatic carbocycles. The molecule has 108 valence electrons. The molecule has 1 aliphatic rings. The van der Waals surface area contributed by atoms with Crippen LogP contribution in [-0.4, -0.2) is 32.6 Å². The lowest BCUT2D eigenvalue weighted by molar-refractivity contribution is 0.0963. The van der Waals surface area contributed by atoms with Crippen LogP contribution < -0.4 is 20.7 Å². The standard InChI is InChI=1S/C14H19N3O3/c1-15-13(18)10-5-6-12(20-2)11(7-10)17-14(19)16-8-9-3-4-9/h5-7,9H,3-4,8H2,1-2H3,(H,15,18)(H2,16,17,19). The Kier molecular flexibility index (Phi) is 4.45. The summed E-state index contributed by atoms with van der Waals surface area (Å²) < 4.78 is 5.18. The summed E-state index contributed by atoms with van der Waals surface area (Å²) >= 11 is 0. The maximum absolute atomic E-state index is 11.8. The van der Waals surface area contributed by atoms with Crippen molar-refractivity contribution in [1.29, 1.82) is 0 Å². The minimum absolute atomic E-state index is 0.214. The molecule has 0 atom stereocenters. The zero-order valence-corrected chi connectivity index (χ0v) is 11.7. The number of anilines is 1. The molecule has 2 rings (SSSR count). The SMILES string of the molecule is CNC(=O)c1ccc(OC)c(NC(=O)NCC2CC2)c1. The molecule has 0 aromatic heterocycles. The fourth-order valence-electron chi connectivity index (χ4n) is 1.82. The number of urea groups is 1. The highest BCUT2D eigenvalue weighted by Gasteiger charge is 2.21. The second-order valence-corrected chi connectivity index (χ2v) is 4.77. The van der Waals surface area contributed by atoms with Gasteiger partial charge in [0.1, 0.15) is 5.75 Å². The zero-order valence-electron chi connectivity index (χ0n) is 11.7. The monoisotopic (exact) mass is 277 g/mol. The van der Waals surface area contributed by atoms with Crippen LogP contribution in [0.5, 0.6) is 5.75 Å². The first-order valence-corrected chi connectivity index (χ1v) is 6.59. The minimum atomic E-state index is -0.288. The second-order valence-electron chi connectivity index (χ2n) is 4.77. The molecule has 0 unspecified atom stereocenters. The van der Waals surface area contributed by atoms with Crippen molar-refractivity contribution in [3.63, 3.8) is 0 Å². The number of methoxy groups -OCH3 is 1. The average molecular weight is 277 g/mol. The number of nitrogens with one attached hydrogen (secondary N) is 3. The van der Waals surface area contributed by atoms with Crippen LogP contribution in [-0.2, 0) is 0 Å². The molecule has 0 bridgehead atoms. The Hall–Kier alpha value is -2.24. The molecular formula is C14H19N3O3. The molecule has 1 fully saturated rings. The second kappa shape index (κ2) is 6.27. The highest BCUT2D eigenvalue weighted by molar-refractivity contribution is 5.97. The molecule has 0 aliphatic heterocycles. The summed E-state index contributed by atoms with van der Waals surface area (Å²) in [5.41, 5.74) is 0.938. The summed E-state index contributed by atoms with van der Waals surface area (Å²) in [7, 11) is 3.07. The summed E-state index contributed by atoms with van der Waals surface area (Å²) in [6.45, 7) is 0.684. The van der Waals surface area contributed by atoms with Crippen molar-refractivity contribution in [3.05, 3.63) is 23.8 Å². The van der Waals surface area contributed by atoms with E-state index in [0.29, 0.717) is 29.5 Å². The Balaban J connectivity index is 2.06. The molecule has 20 heavy (non-hydrogen) atoms. The number of hydrogen-bond acceptors (Lipinski definition) is 3. The normalized spacial score (nSPS) is 13.5. The fourth-order valence-corrected chi connectivity index (χ4v) is 1.82. The van der Waals surface area contributed by atoms with Gasteiger partial charge in [0.15, 0.2) is 0 Å². The third kappa shape index (κ3) is 3.63. The number of amides is 3. The van der Waals surface area contributed by atoms with Crippen LogP contribution in [0, 0.1) is 5.92 Å². The molecule has 0 radical (unpaired) electrons. The largest absolute Gasteiger partial charge is 0.495 e. The van der Waals surface area contributed by atoms with E-state index < -0.39 is 0 Å². The van der Waals surface area contributed by atoms with E-state index in [-0.39, 0.29) is 11.9 Å². The smallest absolute Gasteiger partial charge is 0.319 e. The maximum Gasteiger partial charge on any atom is 0.319 e. The van der Waals surface area contributed by atoms with E-state index in [9.17, 15) is 9.59 Å². The Morgan fingerprint density at radius 2 is 2.10 bits per heavy atom. The van der Waals surface area contributed by atoms with Crippen LogP contribution in [0.4, 0.5) is 10.5 Å². The van der Waals surface area contributed by atoms with Gasteiger partial charge >= 0.3 is 6.03 Å². The van der Waals surface area contributed by atoms with Gasteiger partial charge in [-0.2, -0.15) is 0 Å². The fraction of sp³-hybridized carbons (Fsp3) is 0.429. The van der Waals surface area contributed by atoms with Crippen LogP contribution in [0.25, 0.3) is 0 Å². The third-order valence-electron chi connectivity index (χ3n) is 3.19. The van der Waals surface area contributed by atoms with Gasteiger partial charge in [0.25, 0.3) is 5.91 Å². The van der Waals surface area contributed by atoms with E-state index in [1.165, 1.54) is 20.0 Å². The summed E-state index contributed by atoms with van der Waals surface area (Å²) in [6, 6.07) is 4.60. The van der Waals surface area contributed by atoms with Gasteiger partial charge in [-0.25, -0.2) is 4.79 Å². The predicted molar refractivity (Wildman–Crippen MR) is 76.1 cm³/mol. The van der Waals surface area contributed by atoms with Crippen molar-refractivity contribution in [2.75, 3.05) is 26.0 Å². The molecule has 1 saturated carbocycles. The molecule has 1 aliphatic carbocycles. The van der Waals surface area contributed by atoms with Crippen molar-refractivity contribution < 1.29 is 14.3 Å². The minimum Gasteiger partial charge on any atom is -0.495 e. The number of carbonyl (C=O) groups excluding carboxylic acids is 2. The Labute approximate surface area is 117 Å². The Morgan fingerprint density at radius 1 is 1.35 bits per heavy atom. The van der Waals surface area contributed by atoms with Gasteiger partial charge in [-0.05, 0) is 37.0 Å². The highest BCUT2D eigenvalue weighted by Crippen LogP contribution is 2.28. The lowest BCUT2D eigenvalue weighted by Crippen LogP contribution is -2.30. The first-order valence-electron chi connectivity index (χ1n) is 6.59. The molecule has 3 amide bonds. The lowest BCUT2D eigenvalue weighted by atomic mass is 10.1. The van der Waals surface area contributed by atoms with E-state index in [1.807, 2.05) is 0 Å². The number of carbonyl (C=O) groups is 2. The van der Waals surface area contributed by atoms with Crippen molar-refractivity contribution in [3.8, 4) is 5.75 Å². The van der Waals surface area contributed by atoms with Crippen molar-refractivity contribution >= 4 is 17.6 Å². The lowest BCUT2D eigenvalue weighted by Gasteiger charge is -2.12. The molecule has 6 heteroatoms. The summed E-state index contributed by atoms with van der Waals surface area (Å²) in [6.07, 6.45) is 2.35. The molecule has 1 aromatic rings. The first-order chi connectivity index (χ1) is 9.63. The van der Waals surface area contributed by atoms with Gasteiger partial charge in [0.2, 0.25) is 0 Å². The molecule has 6 nitrogen and oxygen atoms in total. The number of hydrogen-bond donors (Lipinski definition) is 3. The number of rotatable bonds is 5. The molecule has 3 N–H and O–H groups in total. The number of ether oxygens (including phenoxy) is 1. The van der Waals surface area contributed by atoms with Gasteiger partial charge in [-0.3, -0.25) is 4.79 Å². The van der Waals surface area contributed by atoms with Crippen LogP contribution in [0.1, 0.15) is 23.2 Å². The van der Waals surface area contributed by atoms with Gasteiger partial charge in [-0.15, -0.1) is 0 Å². The zero-order chi connectivity index (χ0) is 14.5. The molecule has 0 spiro atoms. The summed E-state index contributed by atoms with van der Waals surface area (Å²) in [4.78, 5) is 23.4. The van der Waals surface area contributed by atoms with Crippen LogP contribution in [0.2, 0.25) is 0 Å². The van der Waals surface area contributed by atoms with Gasteiger partial charge in [0.05, 0.1) is 12.8 Å².